The molecule has 0 spiro atoms. The maximum absolute atomic E-state index is 12.4. The minimum atomic E-state index is -0.181. The van der Waals surface area contributed by atoms with Gasteiger partial charge in [-0.3, -0.25) is 4.79 Å². The van der Waals surface area contributed by atoms with E-state index in [9.17, 15) is 4.79 Å². The number of hydrogen-bond donors (Lipinski definition) is 1. The number of carbonyl (C=O) groups is 1. The topological polar surface area (TPSA) is 32.3 Å². The molecule has 126 valence electrons. The Morgan fingerprint density at radius 2 is 1.92 bits per heavy atom. The second kappa shape index (κ2) is 7.27. The molecule has 3 rings (SSSR count). The highest BCUT2D eigenvalue weighted by Crippen LogP contribution is 2.26. The molecule has 0 saturated carbocycles. The lowest BCUT2D eigenvalue weighted by molar-refractivity contribution is 0.102. The number of anilines is 2. The van der Waals surface area contributed by atoms with E-state index in [1.54, 1.807) is 12.1 Å². The summed E-state index contributed by atoms with van der Waals surface area (Å²) in [4.78, 5) is 14.8. The van der Waals surface area contributed by atoms with E-state index in [-0.39, 0.29) is 5.91 Å². The highest BCUT2D eigenvalue weighted by Gasteiger charge is 2.18. The molecule has 4 heteroatoms. The number of carbonyl (C=O) groups excluding carboxylic acids is 1. The molecule has 1 saturated heterocycles. The van der Waals surface area contributed by atoms with Gasteiger partial charge in [-0.15, -0.1) is 0 Å². The SMILES string of the molecule is Cc1ccc(C(=O)Nc2ccc(N3CCCC[C@H]3C)cc2)c(Cl)c1. The van der Waals surface area contributed by atoms with Gasteiger partial charge in [0.15, 0.2) is 0 Å². The van der Waals surface area contributed by atoms with Crippen LogP contribution >= 0.6 is 11.6 Å². The normalized spacial score (nSPS) is 17.6. The number of piperidine rings is 1. The van der Waals surface area contributed by atoms with Crippen molar-refractivity contribution in [1.82, 2.24) is 0 Å². The largest absolute Gasteiger partial charge is 0.369 e. The summed E-state index contributed by atoms with van der Waals surface area (Å²) < 4.78 is 0. The average Bonchev–Trinajstić information content (AvgIpc) is 2.56. The molecular weight excluding hydrogens is 320 g/mol. The molecule has 1 N–H and O–H groups in total. The van der Waals surface area contributed by atoms with E-state index in [4.69, 9.17) is 11.6 Å². The van der Waals surface area contributed by atoms with Crippen LogP contribution in [0.4, 0.5) is 11.4 Å². The van der Waals surface area contributed by atoms with Crippen LogP contribution in [-0.4, -0.2) is 18.5 Å². The van der Waals surface area contributed by atoms with Crippen LogP contribution in [-0.2, 0) is 0 Å². The van der Waals surface area contributed by atoms with Gasteiger partial charge in [0, 0.05) is 24.0 Å². The van der Waals surface area contributed by atoms with Crippen LogP contribution in [0.1, 0.15) is 42.1 Å². The molecule has 0 unspecified atom stereocenters. The van der Waals surface area contributed by atoms with E-state index in [2.05, 4.69) is 29.3 Å². The summed E-state index contributed by atoms with van der Waals surface area (Å²) in [5.41, 5.74) is 3.53. The average molecular weight is 343 g/mol. The summed E-state index contributed by atoms with van der Waals surface area (Å²) in [5, 5.41) is 3.40. The van der Waals surface area contributed by atoms with Crippen molar-refractivity contribution in [3.05, 3.63) is 58.6 Å². The lowest BCUT2D eigenvalue weighted by Crippen LogP contribution is -2.37. The maximum atomic E-state index is 12.4. The minimum Gasteiger partial charge on any atom is -0.369 e. The van der Waals surface area contributed by atoms with Crippen molar-refractivity contribution in [1.29, 1.82) is 0 Å². The van der Waals surface area contributed by atoms with Crippen molar-refractivity contribution < 1.29 is 4.79 Å². The Kier molecular flexibility index (Phi) is 5.10. The van der Waals surface area contributed by atoms with Gasteiger partial charge in [-0.2, -0.15) is 0 Å². The minimum absolute atomic E-state index is 0.181. The number of amides is 1. The van der Waals surface area contributed by atoms with Gasteiger partial charge in [0.2, 0.25) is 0 Å². The van der Waals surface area contributed by atoms with Gasteiger partial charge in [0.1, 0.15) is 0 Å². The van der Waals surface area contributed by atoms with Gasteiger partial charge >= 0.3 is 0 Å². The van der Waals surface area contributed by atoms with Crippen LogP contribution in [0.5, 0.6) is 0 Å². The summed E-state index contributed by atoms with van der Waals surface area (Å²) in [6.45, 7) is 5.33. The summed E-state index contributed by atoms with van der Waals surface area (Å²) >= 11 is 6.17. The predicted molar refractivity (Wildman–Crippen MR) is 101 cm³/mol. The van der Waals surface area contributed by atoms with Crippen molar-refractivity contribution in [2.45, 2.75) is 39.2 Å². The Morgan fingerprint density at radius 1 is 1.17 bits per heavy atom. The third-order valence-corrected chi connectivity index (χ3v) is 4.94. The molecule has 2 aromatic rings. The predicted octanol–water partition coefficient (Wildman–Crippen LogP) is 5.28. The molecule has 1 fully saturated rings. The molecule has 0 aliphatic carbocycles. The fourth-order valence-electron chi connectivity index (χ4n) is 3.22. The summed E-state index contributed by atoms with van der Waals surface area (Å²) in [6.07, 6.45) is 3.79. The van der Waals surface area contributed by atoms with Crippen LogP contribution in [0.25, 0.3) is 0 Å². The summed E-state index contributed by atoms with van der Waals surface area (Å²) in [5.74, 6) is -0.181. The number of benzene rings is 2. The highest BCUT2D eigenvalue weighted by molar-refractivity contribution is 6.34. The third kappa shape index (κ3) is 3.73. The zero-order chi connectivity index (χ0) is 17.1. The summed E-state index contributed by atoms with van der Waals surface area (Å²) in [7, 11) is 0. The molecule has 1 amide bonds. The zero-order valence-electron chi connectivity index (χ0n) is 14.2. The van der Waals surface area contributed by atoms with Crippen molar-refractivity contribution in [3.8, 4) is 0 Å². The smallest absolute Gasteiger partial charge is 0.257 e. The molecule has 1 aliphatic heterocycles. The number of halogens is 1. The second-order valence-electron chi connectivity index (χ2n) is 6.52. The van der Waals surface area contributed by atoms with E-state index in [1.807, 2.05) is 25.1 Å². The molecule has 24 heavy (non-hydrogen) atoms. The third-order valence-electron chi connectivity index (χ3n) is 4.63. The molecule has 0 radical (unpaired) electrons. The van der Waals surface area contributed by atoms with Crippen LogP contribution in [0, 0.1) is 6.92 Å². The molecule has 1 heterocycles. The quantitative estimate of drug-likeness (QED) is 0.823. The number of aryl methyl sites for hydroxylation is 1. The van der Waals surface area contributed by atoms with Crippen molar-refractivity contribution in [2.24, 2.45) is 0 Å². The molecular formula is C20H23ClN2O. The van der Waals surface area contributed by atoms with Gasteiger partial charge in [0.25, 0.3) is 5.91 Å². The van der Waals surface area contributed by atoms with E-state index in [0.717, 1.165) is 17.8 Å². The summed E-state index contributed by atoms with van der Waals surface area (Å²) in [6, 6.07) is 14.1. The van der Waals surface area contributed by atoms with E-state index in [1.165, 1.54) is 24.9 Å². The fraction of sp³-hybridized carbons (Fsp3) is 0.350. The Balaban J connectivity index is 1.70. The molecule has 3 nitrogen and oxygen atoms in total. The molecule has 0 aromatic heterocycles. The van der Waals surface area contributed by atoms with Crippen LogP contribution < -0.4 is 10.2 Å². The molecule has 1 atom stereocenters. The first-order valence-electron chi connectivity index (χ1n) is 8.49. The number of nitrogens with one attached hydrogen (secondary N) is 1. The van der Waals surface area contributed by atoms with Crippen LogP contribution in [0.15, 0.2) is 42.5 Å². The Hall–Kier alpha value is -2.00. The Labute approximate surface area is 148 Å². The number of hydrogen-bond acceptors (Lipinski definition) is 2. The van der Waals surface area contributed by atoms with E-state index >= 15 is 0 Å². The van der Waals surface area contributed by atoms with Gasteiger partial charge in [-0.05, 0) is 75.1 Å². The second-order valence-corrected chi connectivity index (χ2v) is 6.93. The first-order valence-corrected chi connectivity index (χ1v) is 8.86. The first kappa shape index (κ1) is 16.8. The standard InChI is InChI=1S/C20H23ClN2O/c1-14-6-11-18(19(21)13-14)20(24)22-16-7-9-17(10-8-16)23-12-4-3-5-15(23)2/h6-11,13,15H,3-5,12H2,1-2H3,(H,22,24)/t15-/m1/s1. The lowest BCUT2D eigenvalue weighted by atomic mass is 10.0. The van der Waals surface area contributed by atoms with Gasteiger partial charge in [-0.1, -0.05) is 17.7 Å². The molecule has 2 aromatic carbocycles. The Morgan fingerprint density at radius 3 is 2.58 bits per heavy atom. The molecule has 1 aliphatic rings. The van der Waals surface area contributed by atoms with E-state index < -0.39 is 0 Å². The first-order chi connectivity index (χ1) is 11.5. The zero-order valence-corrected chi connectivity index (χ0v) is 14.9. The number of nitrogens with zero attached hydrogens (tertiary/aromatic N) is 1. The number of rotatable bonds is 3. The maximum Gasteiger partial charge on any atom is 0.257 e. The van der Waals surface area contributed by atoms with Crippen molar-refractivity contribution >= 4 is 28.9 Å². The molecule has 0 bridgehead atoms. The monoisotopic (exact) mass is 342 g/mol. The van der Waals surface area contributed by atoms with Crippen LogP contribution in [0.2, 0.25) is 5.02 Å². The van der Waals surface area contributed by atoms with Gasteiger partial charge in [-0.25, -0.2) is 0 Å². The van der Waals surface area contributed by atoms with Gasteiger partial charge < -0.3 is 10.2 Å². The lowest BCUT2D eigenvalue weighted by Gasteiger charge is -2.35. The van der Waals surface area contributed by atoms with Crippen LogP contribution in [0.3, 0.4) is 0 Å². The highest BCUT2D eigenvalue weighted by atomic mass is 35.5. The van der Waals surface area contributed by atoms with E-state index in [0.29, 0.717) is 16.6 Å². The fourth-order valence-corrected chi connectivity index (χ4v) is 3.54. The van der Waals surface area contributed by atoms with Crippen molar-refractivity contribution in [2.75, 3.05) is 16.8 Å². The Bertz CT molecular complexity index is 727. The van der Waals surface area contributed by atoms with Gasteiger partial charge in [0.05, 0.1) is 10.6 Å². The van der Waals surface area contributed by atoms with Crippen molar-refractivity contribution in [3.63, 3.8) is 0 Å².